The van der Waals surface area contributed by atoms with Crippen molar-refractivity contribution >= 4 is 15.9 Å². The van der Waals surface area contributed by atoms with E-state index in [1.54, 1.807) is 28.6 Å². The van der Waals surface area contributed by atoms with Crippen LogP contribution in [0.2, 0.25) is 0 Å². The largest absolute Gasteiger partial charge is 0.352 e. The van der Waals surface area contributed by atoms with Gasteiger partial charge in [0, 0.05) is 25.2 Å². The van der Waals surface area contributed by atoms with Gasteiger partial charge < -0.3 is 5.32 Å². The van der Waals surface area contributed by atoms with Crippen molar-refractivity contribution in [2.75, 3.05) is 19.6 Å². The molecule has 1 aliphatic rings. The number of nitrogens with one attached hydrogen (secondary N) is 1. The smallest absolute Gasteiger partial charge is 0.251 e. The van der Waals surface area contributed by atoms with Crippen LogP contribution in [0.1, 0.15) is 28.8 Å². The van der Waals surface area contributed by atoms with Crippen LogP contribution in [0.3, 0.4) is 0 Å². The molecule has 0 bridgehead atoms. The Morgan fingerprint density at radius 1 is 1.04 bits per heavy atom. The Bertz CT molecular complexity index is 840. The maximum absolute atomic E-state index is 12.6. The third-order valence-electron chi connectivity index (χ3n) is 4.82. The van der Waals surface area contributed by atoms with Crippen LogP contribution in [0.25, 0.3) is 0 Å². The van der Waals surface area contributed by atoms with Gasteiger partial charge in [-0.25, -0.2) is 8.42 Å². The number of rotatable bonds is 5. The van der Waals surface area contributed by atoms with Gasteiger partial charge in [0.25, 0.3) is 5.91 Å². The van der Waals surface area contributed by atoms with E-state index in [-0.39, 0.29) is 5.91 Å². The van der Waals surface area contributed by atoms with Gasteiger partial charge in [-0.05, 0) is 49.9 Å². The minimum atomic E-state index is -3.42. The molecule has 0 aliphatic carbocycles. The van der Waals surface area contributed by atoms with E-state index in [1.807, 2.05) is 37.3 Å². The molecule has 2 aromatic carbocycles. The summed E-state index contributed by atoms with van der Waals surface area (Å²) in [6.07, 6.45) is 1.50. The summed E-state index contributed by atoms with van der Waals surface area (Å²) in [4.78, 5) is 12.5. The summed E-state index contributed by atoms with van der Waals surface area (Å²) in [6.45, 7) is 3.54. The number of amides is 1. The van der Waals surface area contributed by atoms with E-state index in [0.717, 1.165) is 18.4 Å². The standard InChI is InChI=1S/C20H24N2O3S/c1-16-7-9-18(10-8-16)20(23)21-15-17-11-13-22(14-12-17)26(24,25)19-5-3-2-4-6-19/h2-10,17H,11-15H2,1H3,(H,21,23). The number of piperidine rings is 1. The molecular formula is C20H24N2O3S. The lowest BCUT2D eigenvalue weighted by Gasteiger charge is -2.31. The summed E-state index contributed by atoms with van der Waals surface area (Å²) in [5.74, 6) is 0.218. The summed E-state index contributed by atoms with van der Waals surface area (Å²) < 4.78 is 26.8. The molecule has 1 fully saturated rings. The molecule has 1 amide bonds. The number of nitrogens with zero attached hydrogens (tertiary/aromatic N) is 1. The fourth-order valence-electron chi connectivity index (χ4n) is 3.14. The molecule has 0 radical (unpaired) electrons. The monoisotopic (exact) mass is 372 g/mol. The molecule has 6 heteroatoms. The minimum Gasteiger partial charge on any atom is -0.352 e. The Morgan fingerprint density at radius 3 is 2.27 bits per heavy atom. The Hall–Kier alpha value is -2.18. The first-order valence-electron chi connectivity index (χ1n) is 8.87. The summed E-state index contributed by atoms with van der Waals surface area (Å²) in [5, 5.41) is 2.97. The number of carbonyl (C=O) groups is 1. The highest BCUT2D eigenvalue weighted by atomic mass is 32.2. The average Bonchev–Trinajstić information content (AvgIpc) is 2.67. The molecule has 1 N–H and O–H groups in total. The van der Waals surface area contributed by atoms with Crippen LogP contribution in [-0.4, -0.2) is 38.3 Å². The third-order valence-corrected chi connectivity index (χ3v) is 6.73. The molecule has 1 heterocycles. The van der Waals surface area contributed by atoms with Crippen LogP contribution in [0, 0.1) is 12.8 Å². The van der Waals surface area contributed by atoms with Gasteiger partial charge in [0.15, 0.2) is 0 Å². The maximum atomic E-state index is 12.6. The highest BCUT2D eigenvalue weighted by Crippen LogP contribution is 2.23. The number of carbonyl (C=O) groups excluding carboxylic acids is 1. The van der Waals surface area contributed by atoms with Crippen molar-refractivity contribution in [1.29, 1.82) is 0 Å². The summed E-state index contributed by atoms with van der Waals surface area (Å²) in [7, 11) is -3.42. The second-order valence-corrected chi connectivity index (χ2v) is 8.67. The molecule has 1 saturated heterocycles. The van der Waals surface area contributed by atoms with E-state index in [0.29, 0.717) is 36.0 Å². The molecule has 138 valence electrons. The molecule has 26 heavy (non-hydrogen) atoms. The molecule has 0 spiro atoms. The van der Waals surface area contributed by atoms with Gasteiger partial charge >= 0.3 is 0 Å². The lowest BCUT2D eigenvalue weighted by atomic mass is 9.98. The van der Waals surface area contributed by atoms with Crippen LogP contribution in [0.4, 0.5) is 0 Å². The zero-order valence-corrected chi connectivity index (χ0v) is 15.7. The van der Waals surface area contributed by atoms with Crippen LogP contribution in [-0.2, 0) is 10.0 Å². The van der Waals surface area contributed by atoms with Gasteiger partial charge in [0.05, 0.1) is 4.90 Å². The summed E-state index contributed by atoms with van der Waals surface area (Å²) in [5.41, 5.74) is 1.77. The third kappa shape index (κ3) is 4.31. The molecule has 1 aliphatic heterocycles. The Labute approximate surface area is 155 Å². The van der Waals surface area contributed by atoms with Gasteiger partial charge in [0.2, 0.25) is 10.0 Å². The van der Waals surface area contributed by atoms with E-state index in [1.165, 1.54) is 0 Å². The fourth-order valence-corrected chi connectivity index (χ4v) is 4.63. The molecule has 0 unspecified atom stereocenters. The molecule has 2 aromatic rings. The van der Waals surface area contributed by atoms with E-state index in [4.69, 9.17) is 0 Å². The van der Waals surface area contributed by atoms with Gasteiger partial charge in [0.1, 0.15) is 0 Å². The van der Waals surface area contributed by atoms with Gasteiger partial charge in [-0.1, -0.05) is 35.9 Å². The quantitative estimate of drug-likeness (QED) is 0.878. The SMILES string of the molecule is Cc1ccc(C(=O)NCC2CCN(S(=O)(=O)c3ccccc3)CC2)cc1. The lowest BCUT2D eigenvalue weighted by Crippen LogP contribution is -2.41. The maximum Gasteiger partial charge on any atom is 0.251 e. The van der Waals surface area contributed by atoms with Crippen molar-refractivity contribution in [2.45, 2.75) is 24.7 Å². The first kappa shape index (κ1) is 18.6. The van der Waals surface area contributed by atoms with Crippen LogP contribution >= 0.6 is 0 Å². The first-order valence-corrected chi connectivity index (χ1v) is 10.3. The minimum absolute atomic E-state index is 0.0793. The zero-order chi connectivity index (χ0) is 18.6. The number of aryl methyl sites for hydroxylation is 1. The zero-order valence-electron chi connectivity index (χ0n) is 14.9. The lowest BCUT2D eigenvalue weighted by molar-refractivity contribution is 0.0941. The van der Waals surface area contributed by atoms with Crippen molar-refractivity contribution in [1.82, 2.24) is 9.62 Å². The normalized spacial score (nSPS) is 16.3. The van der Waals surface area contributed by atoms with E-state index in [9.17, 15) is 13.2 Å². The second kappa shape index (κ2) is 8.01. The number of sulfonamides is 1. The van der Waals surface area contributed by atoms with Gasteiger partial charge in [-0.15, -0.1) is 0 Å². The van der Waals surface area contributed by atoms with Gasteiger partial charge in [-0.3, -0.25) is 4.79 Å². The molecule has 3 rings (SSSR count). The van der Waals surface area contributed by atoms with Crippen molar-refractivity contribution in [3.05, 3.63) is 65.7 Å². The number of benzene rings is 2. The Balaban J connectivity index is 1.51. The van der Waals surface area contributed by atoms with Crippen LogP contribution in [0.15, 0.2) is 59.5 Å². The topological polar surface area (TPSA) is 66.5 Å². The van der Waals surface area contributed by atoms with Crippen LogP contribution in [0.5, 0.6) is 0 Å². The summed E-state index contributed by atoms with van der Waals surface area (Å²) in [6, 6.07) is 16.0. The van der Waals surface area contributed by atoms with Crippen molar-refractivity contribution in [3.8, 4) is 0 Å². The predicted molar refractivity (Wildman–Crippen MR) is 101 cm³/mol. The number of hydrogen-bond acceptors (Lipinski definition) is 3. The van der Waals surface area contributed by atoms with E-state index in [2.05, 4.69) is 5.32 Å². The Kier molecular flexibility index (Phi) is 5.74. The highest BCUT2D eigenvalue weighted by Gasteiger charge is 2.29. The molecule has 0 atom stereocenters. The fraction of sp³-hybridized carbons (Fsp3) is 0.350. The average molecular weight is 372 g/mol. The van der Waals surface area contributed by atoms with E-state index < -0.39 is 10.0 Å². The number of hydrogen-bond donors (Lipinski definition) is 1. The highest BCUT2D eigenvalue weighted by molar-refractivity contribution is 7.89. The van der Waals surface area contributed by atoms with Gasteiger partial charge in [-0.2, -0.15) is 4.31 Å². The molecule has 0 saturated carbocycles. The molecule has 5 nitrogen and oxygen atoms in total. The Morgan fingerprint density at radius 2 is 1.65 bits per heavy atom. The predicted octanol–water partition coefficient (Wildman–Crippen LogP) is 2.83. The first-order chi connectivity index (χ1) is 12.5. The summed E-state index contributed by atoms with van der Waals surface area (Å²) >= 11 is 0. The molecular weight excluding hydrogens is 348 g/mol. The second-order valence-electron chi connectivity index (χ2n) is 6.74. The van der Waals surface area contributed by atoms with Crippen LogP contribution < -0.4 is 5.32 Å². The van der Waals surface area contributed by atoms with Crippen molar-refractivity contribution < 1.29 is 13.2 Å². The van der Waals surface area contributed by atoms with Crippen molar-refractivity contribution in [2.24, 2.45) is 5.92 Å². The molecule has 0 aromatic heterocycles. The van der Waals surface area contributed by atoms with Crippen molar-refractivity contribution in [3.63, 3.8) is 0 Å². The van der Waals surface area contributed by atoms with E-state index >= 15 is 0 Å².